The largest absolute Gasteiger partial charge is 0.507 e. The molecule has 1 radical (unpaired) electrons. The van der Waals surface area contributed by atoms with E-state index >= 15 is 0 Å². The minimum Gasteiger partial charge on any atom is -0.507 e. The van der Waals surface area contributed by atoms with Crippen molar-refractivity contribution in [1.82, 2.24) is 15.1 Å². The first-order valence-corrected chi connectivity index (χ1v) is 13.1. The van der Waals surface area contributed by atoms with Crippen LogP contribution >= 0.6 is 0 Å². The summed E-state index contributed by atoms with van der Waals surface area (Å²) in [4.78, 5) is 16.6. The summed E-state index contributed by atoms with van der Waals surface area (Å²) >= 11 is 0. The van der Waals surface area contributed by atoms with Gasteiger partial charge in [-0.05, 0) is 57.4 Å². The van der Waals surface area contributed by atoms with Crippen LogP contribution in [0.2, 0.25) is 0 Å². The number of aromatic hydroxyl groups is 2. The van der Waals surface area contributed by atoms with Crippen LogP contribution in [0.4, 0.5) is 0 Å². The molecule has 38 heavy (non-hydrogen) atoms. The van der Waals surface area contributed by atoms with E-state index in [9.17, 15) is 20.1 Å². The van der Waals surface area contributed by atoms with Gasteiger partial charge in [-0.2, -0.15) is 0 Å². The number of likely N-dealkylation sites (N-methyl/N-ethyl adjacent to an activating group) is 1. The van der Waals surface area contributed by atoms with Crippen LogP contribution < -0.4 is 14.8 Å². The molecule has 0 spiro atoms. The molecular formula is C28H35AcN3O6. The molecule has 0 saturated carbocycles. The maximum atomic E-state index is 12.3. The molecule has 0 aliphatic carbocycles. The third-order valence-electron chi connectivity index (χ3n) is 9.11. The number of fused-ring (bicyclic) bond motifs is 9. The van der Waals surface area contributed by atoms with Crippen LogP contribution in [-0.2, 0) is 17.6 Å². The zero-order valence-electron chi connectivity index (χ0n) is 22.5. The predicted octanol–water partition coefficient (Wildman–Crippen LogP) is 2.48. The average molecular weight is 737 g/mol. The predicted molar refractivity (Wildman–Crippen MR) is 136 cm³/mol. The van der Waals surface area contributed by atoms with Gasteiger partial charge in [0.05, 0.1) is 18.1 Å². The van der Waals surface area contributed by atoms with E-state index in [0.717, 1.165) is 33.4 Å². The molecule has 6 rings (SSSR count). The summed E-state index contributed by atoms with van der Waals surface area (Å²) < 4.78 is 11.6. The van der Waals surface area contributed by atoms with Crippen LogP contribution in [0.1, 0.15) is 64.4 Å². The van der Waals surface area contributed by atoms with E-state index in [2.05, 4.69) is 21.2 Å². The Bertz CT molecular complexity index is 1320. The fraction of sp³-hybridized carbons (Fsp3) is 0.536. The van der Waals surface area contributed by atoms with E-state index in [-0.39, 0.29) is 87.2 Å². The first kappa shape index (κ1) is 28.0. The maximum absolute atomic E-state index is 12.3. The fourth-order valence-corrected chi connectivity index (χ4v) is 7.05. The van der Waals surface area contributed by atoms with Crippen molar-refractivity contribution in [2.24, 2.45) is 0 Å². The second kappa shape index (κ2) is 10.1. The maximum Gasteiger partial charge on any atom is 0.231 e. The molecule has 4 aliphatic heterocycles. The fourth-order valence-electron chi connectivity index (χ4n) is 7.05. The molecule has 4 heterocycles. The molecule has 4 N–H and O–H groups in total. The molecular weight excluding hydrogens is 701 g/mol. The number of nitrogens with zero attached hydrogens (tertiary/aromatic N) is 2. The van der Waals surface area contributed by atoms with Gasteiger partial charge in [-0.25, -0.2) is 0 Å². The van der Waals surface area contributed by atoms with Crippen LogP contribution in [0.5, 0.6) is 23.0 Å². The number of hydrogen-bond donors (Lipinski definition) is 4. The van der Waals surface area contributed by atoms with Crippen molar-refractivity contribution < 1.29 is 73.7 Å². The molecule has 2 aromatic carbocycles. The number of aliphatic hydroxyl groups excluding tert-OH is 1. The van der Waals surface area contributed by atoms with Gasteiger partial charge in [-0.1, -0.05) is 13.0 Å². The SMILES string of the molecule is CCC(=O)NC[C@H]1c2c(c(O)c(C)c3c2OCO3)CC2[C@@H]3c4c(cc(C)c(C)c4O)C[C@@H]([C@H](O)N21)N3C.[Ac]. The van der Waals surface area contributed by atoms with Crippen molar-refractivity contribution in [3.05, 3.63) is 45.0 Å². The van der Waals surface area contributed by atoms with Crippen LogP contribution in [-0.4, -0.2) is 69.7 Å². The van der Waals surface area contributed by atoms with Gasteiger partial charge in [0, 0.05) is 85.3 Å². The minimum absolute atomic E-state index is 0. The summed E-state index contributed by atoms with van der Waals surface area (Å²) in [6.45, 7) is 7.85. The Morgan fingerprint density at radius 3 is 2.47 bits per heavy atom. The Balaban J connectivity index is 0.00000294. The number of carbonyl (C=O) groups excluding carboxylic acids is 1. The standard InChI is InChI=1S/C28H35N3O6.Ac/c1-6-20(32)29-10-19-22-16(24(33)14(4)26-27(22)37-11-36-26)9-17-23-21-15(7-12(2)13(3)25(21)34)8-18(30(23)5)28(35)31(17)19;/h7,17-19,23,28,33-35H,6,8-11H2,1-5H3,(H,29,32);/t17?,18-,19-,23+,28-;/m0./s1. The number of nitrogens with one attached hydrogen (secondary N) is 1. The van der Waals surface area contributed by atoms with Gasteiger partial charge in [0.15, 0.2) is 11.5 Å². The first-order chi connectivity index (χ1) is 17.6. The summed E-state index contributed by atoms with van der Waals surface area (Å²) in [7, 11) is 2.00. The van der Waals surface area contributed by atoms with Gasteiger partial charge in [-0.3, -0.25) is 14.6 Å². The molecule has 1 fully saturated rings. The number of phenolic OH excluding ortho intramolecular Hbond substituents is 2. The number of piperazine rings is 1. The van der Waals surface area contributed by atoms with Crippen LogP contribution in [0.15, 0.2) is 6.07 Å². The van der Waals surface area contributed by atoms with Gasteiger partial charge >= 0.3 is 0 Å². The number of ether oxygens (including phenoxy) is 2. The number of rotatable bonds is 3. The van der Waals surface area contributed by atoms with Crippen molar-refractivity contribution in [3.8, 4) is 23.0 Å². The quantitative estimate of drug-likeness (QED) is 0.381. The van der Waals surface area contributed by atoms with Crippen molar-refractivity contribution in [2.75, 3.05) is 20.4 Å². The molecule has 9 nitrogen and oxygen atoms in total. The Kier molecular flexibility index (Phi) is 7.45. The van der Waals surface area contributed by atoms with E-state index in [1.807, 2.05) is 27.8 Å². The number of carbonyl (C=O) groups is 1. The normalized spacial score (nSPS) is 27.2. The number of amides is 1. The third kappa shape index (κ3) is 3.89. The monoisotopic (exact) mass is 736 g/mol. The second-order valence-corrected chi connectivity index (χ2v) is 10.9. The topological polar surface area (TPSA) is 115 Å². The zero-order valence-corrected chi connectivity index (χ0v) is 27.3. The Morgan fingerprint density at radius 1 is 1.05 bits per heavy atom. The summed E-state index contributed by atoms with van der Waals surface area (Å²) in [6, 6.07) is 1.01. The Morgan fingerprint density at radius 2 is 1.76 bits per heavy atom. The van der Waals surface area contributed by atoms with E-state index in [4.69, 9.17) is 9.47 Å². The summed E-state index contributed by atoms with van der Waals surface area (Å²) in [5.74, 6) is 1.45. The van der Waals surface area contributed by atoms with Crippen molar-refractivity contribution >= 4 is 5.91 Å². The molecule has 2 bridgehead atoms. The van der Waals surface area contributed by atoms with Crippen LogP contribution in [0, 0.1) is 64.8 Å². The summed E-state index contributed by atoms with van der Waals surface area (Å²) in [6.07, 6.45) is 0.554. The molecule has 4 aliphatic rings. The third-order valence-corrected chi connectivity index (χ3v) is 9.11. The smallest absolute Gasteiger partial charge is 0.231 e. The number of aryl methyl sites for hydroxylation is 1. The van der Waals surface area contributed by atoms with Gasteiger partial charge in [0.2, 0.25) is 12.7 Å². The van der Waals surface area contributed by atoms with Crippen LogP contribution in [0.3, 0.4) is 0 Å². The molecule has 201 valence electrons. The van der Waals surface area contributed by atoms with Gasteiger partial charge in [0.1, 0.15) is 17.7 Å². The van der Waals surface area contributed by atoms with E-state index in [1.54, 1.807) is 6.92 Å². The first-order valence-electron chi connectivity index (χ1n) is 13.1. The van der Waals surface area contributed by atoms with Gasteiger partial charge < -0.3 is 30.1 Å². The Hall–Kier alpha value is -1.57. The summed E-state index contributed by atoms with van der Waals surface area (Å²) in [5, 5.41) is 37.6. The molecule has 0 aromatic heterocycles. The van der Waals surface area contributed by atoms with Crippen molar-refractivity contribution in [2.45, 2.75) is 77.4 Å². The average Bonchev–Trinajstić information content (AvgIpc) is 3.37. The molecule has 1 amide bonds. The summed E-state index contributed by atoms with van der Waals surface area (Å²) in [5.41, 5.74) is 5.95. The molecule has 2 aromatic rings. The van der Waals surface area contributed by atoms with E-state index in [0.29, 0.717) is 42.1 Å². The van der Waals surface area contributed by atoms with E-state index < -0.39 is 12.3 Å². The van der Waals surface area contributed by atoms with Gasteiger partial charge in [0.25, 0.3) is 0 Å². The van der Waals surface area contributed by atoms with Crippen molar-refractivity contribution in [3.63, 3.8) is 0 Å². The second-order valence-electron chi connectivity index (χ2n) is 10.9. The van der Waals surface area contributed by atoms with Crippen LogP contribution in [0.25, 0.3) is 0 Å². The number of hydrogen-bond acceptors (Lipinski definition) is 8. The molecule has 10 heteroatoms. The van der Waals surface area contributed by atoms with E-state index in [1.165, 1.54) is 0 Å². The molecule has 5 atom stereocenters. The number of benzene rings is 2. The number of phenols is 2. The Labute approximate surface area is 258 Å². The minimum atomic E-state index is -0.832. The molecule has 1 unspecified atom stereocenters. The zero-order chi connectivity index (χ0) is 26.3. The van der Waals surface area contributed by atoms with Crippen molar-refractivity contribution in [1.29, 1.82) is 0 Å². The number of aliphatic hydroxyl groups is 1. The van der Waals surface area contributed by atoms with Gasteiger partial charge in [-0.15, -0.1) is 0 Å². The molecule has 1 saturated heterocycles.